The van der Waals surface area contributed by atoms with Crippen molar-refractivity contribution in [1.82, 2.24) is 29.8 Å². The second kappa shape index (κ2) is 13.3. The molecule has 3 amide bonds. The standard InChI is InChI=1S/C28H32F3N9O2/c1-3-39(4-2)15-6-5-14-33-26(41)20-16-40-24(25(32)34-17-35-40)23(20)18-10-12-19(13-11-18)36-27(42)38-22-9-7-8-21(37-22)28(29,30)31/h7-13,16-17H,3-6,14-15H2,1-2H3,(H,33,41)(H2,32,34,35)(H2,36,37,38,42). The van der Waals surface area contributed by atoms with Gasteiger partial charge in [-0.15, -0.1) is 0 Å². The van der Waals surface area contributed by atoms with E-state index in [1.807, 2.05) is 0 Å². The molecule has 0 radical (unpaired) electrons. The molecule has 3 heterocycles. The molecule has 0 aliphatic rings. The lowest BCUT2D eigenvalue weighted by atomic mass is 10.0. The minimum absolute atomic E-state index is 0.188. The summed E-state index contributed by atoms with van der Waals surface area (Å²) in [5.41, 5.74) is 7.36. The minimum Gasteiger partial charge on any atom is -0.382 e. The second-order valence-electron chi connectivity index (χ2n) is 9.41. The molecule has 0 spiro atoms. The van der Waals surface area contributed by atoms with Crippen molar-refractivity contribution in [3.63, 3.8) is 0 Å². The highest BCUT2D eigenvalue weighted by Gasteiger charge is 2.32. The van der Waals surface area contributed by atoms with Gasteiger partial charge in [-0.3, -0.25) is 10.1 Å². The highest BCUT2D eigenvalue weighted by Crippen LogP contribution is 2.33. The minimum atomic E-state index is -4.64. The number of urea groups is 1. The third kappa shape index (κ3) is 7.32. The topological polar surface area (TPSA) is 143 Å². The molecule has 0 saturated carbocycles. The number of nitrogen functional groups attached to an aromatic ring is 1. The van der Waals surface area contributed by atoms with E-state index in [4.69, 9.17) is 5.73 Å². The molecular formula is C28H32F3N9O2. The van der Waals surface area contributed by atoms with Crippen LogP contribution < -0.4 is 21.7 Å². The van der Waals surface area contributed by atoms with Gasteiger partial charge in [-0.1, -0.05) is 32.0 Å². The molecule has 42 heavy (non-hydrogen) atoms. The number of aromatic nitrogens is 4. The molecule has 14 heteroatoms. The van der Waals surface area contributed by atoms with Crippen LogP contribution in [0.3, 0.4) is 0 Å². The van der Waals surface area contributed by atoms with Crippen LogP contribution in [0.4, 0.5) is 35.3 Å². The van der Waals surface area contributed by atoms with Crippen LogP contribution in [-0.4, -0.2) is 62.6 Å². The van der Waals surface area contributed by atoms with Crippen molar-refractivity contribution >= 4 is 34.8 Å². The quantitative estimate of drug-likeness (QED) is 0.184. The van der Waals surface area contributed by atoms with Crippen LogP contribution in [0.2, 0.25) is 0 Å². The van der Waals surface area contributed by atoms with Crippen LogP contribution in [-0.2, 0) is 6.18 Å². The van der Waals surface area contributed by atoms with E-state index >= 15 is 0 Å². The Bertz CT molecular complexity index is 1530. The van der Waals surface area contributed by atoms with Crippen LogP contribution >= 0.6 is 0 Å². The summed E-state index contributed by atoms with van der Waals surface area (Å²) in [5, 5.41) is 12.0. The summed E-state index contributed by atoms with van der Waals surface area (Å²) in [6, 6.07) is 8.98. The lowest BCUT2D eigenvalue weighted by Crippen LogP contribution is -2.27. The molecule has 4 rings (SSSR count). The number of hydrogen-bond acceptors (Lipinski definition) is 7. The van der Waals surface area contributed by atoms with Crippen molar-refractivity contribution in [2.75, 3.05) is 42.5 Å². The van der Waals surface area contributed by atoms with Crippen LogP contribution in [0, 0.1) is 0 Å². The molecule has 222 valence electrons. The predicted molar refractivity (Wildman–Crippen MR) is 154 cm³/mol. The number of carbonyl (C=O) groups excluding carboxylic acids is 2. The Balaban J connectivity index is 1.48. The van der Waals surface area contributed by atoms with E-state index in [9.17, 15) is 22.8 Å². The number of fused-ring (bicyclic) bond motifs is 1. The van der Waals surface area contributed by atoms with E-state index in [2.05, 4.69) is 49.8 Å². The Kier molecular flexibility index (Phi) is 9.57. The molecule has 0 saturated heterocycles. The number of hydrogen-bond donors (Lipinski definition) is 4. The second-order valence-corrected chi connectivity index (χ2v) is 9.41. The van der Waals surface area contributed by atoms with Crippen molar-refractivity contribution in [2.24, 2.45) is 0 Å². The number of pyridine rings is 1. The van der Waals surface area contributed by atoms with Crippen molar-refractivity contribution < 1.29 is 22.8 Å². The van der Waals surface area contributed by atoms with Gasteiger partial charge in [0.25, 0.3) is 5.91 Å². The molecule has 0 aliphatic heterocycles. The van der Waals surface area contributed by atoms with E-state index in [-0.39, 0.29) is 17.5 Å². The van der Waals surface area contributed by atoms with Gasteiger partial charge in [-0.2, -0.15) is 18.3 Å². The fourth-order valence-corrected chi connectivity index (χ4v) is 4.46. The van der Waals surface area contributed by atoms with Gasteiger partial charge >= 0.3 is 12.2 Å². The summed E-state index contributed by atoms with van der Waals surface area (Å²) in [7, 11) is 0. The third-order valence-corrected chi connectivity index (χ3v) is 6.64. The number of rotatable bonds is 11. The first-order valence-corrected chi connectivity index (χ1v) is 13.5. The van der Waals surface area contributed by atoms with Crippen molar-refractivity contribution in [2.45, 2.75) is 32.9 Å². The number of benzene rings is 1. The van der Waals surface area contributed by atoms with Crippen LogP contribution in [0.15, 0.2) is 55.0 Å². The largest absolute Gasteiger partial charge is 0.433 e. The van der Waals surface area contributed by atoms with Gasteiger partial charge in [0.05, 0.1) is 5.56 Å². The lowest BCUT2D eigenvalue weighted by molar-refractivity contribution is -0.141. The molecule has 1 aromatic carbocycles. The van der Waals surface area contributed by atoms with Gasteiger partial charge in [-0.05, 0) is 62.3 Å². The molecule has 0 atom stereocenters. The smallest absolute Gasteiger partial charge is 0.382 e. The maximum absolute atomic E-state index is 13.2. The van der Waals surface area contributed by atoms with Gasteiger partial charge < -0.3 is 21.3 Å². The summed E-state index contributed by atoms with van der Waals surface area (Å²) in [5.74, 6) is -0.347. The van der Waals surface area contributed by atoms with Gasteiger partial charge in [0.15, 0.2) is 5.82 Å². The Morgan fingerprint density at radius 2 is 1.76 bits per heavy atom. The average Bonchev–Trinajstić information content (AvgIpc) is 3.36. The molecule has 4 aromatic rings. The highest BCUT2D eigenvalue weighted by atomic mass is 19.4. The number of nitrogens with zero attached hydrogens (tertiary/aromatic N) is 5. The maximum atomic E-state index is 13.2. The van der Waals surface area contributed by atoms with Crippen LogP contribution in [0.25, 0.3) is 16.6 Å². The number of halogens is 3. The van der Waals surface area contributed by atoms with E-state index in [1.165, 1.54) is 16.9 Å². The zero-order valence-electron chi connectivity index (χ0n) is 23.2. The average molecular weight is 584 g/mol. The zero-order valence-corrected chi connectivity index (χ0v) is 23.2. The molecular weight excluding hydrogens is 551 g/mol. The first-order valence-electron chi connectivity index (χ1n) is 13.5. The number of carbonyl (C=O) groups is 2. The summed E-state index contributed by atoms with van der Waals surface area (Å²) < 4.78 is 40.2. The van der Waals surface area contributed by atoms with E-state index in [1.54, 1.807) is 30.5 Å². The van der Waals surface area contributed by atoms with Crippen LogP contribution in [0.5, 0.6) is 0 Å². The number of anilines is 3. The maximum Gasteiger partial charge on any atom is 0.433 e. The number of alkyl halides is 3. The van der Waals surface area contributed by atoms with E-state index in [0.29, 0.717) is 34.4 Å². The summed E-state index contributed by atoms with van der Waals surface area (Å²) >= 11 is 0. The number of nitrogens with two attached hydrogens (primary N) is 1. The van der Waals surface area contributed by atoms with Crippen molar-refractivity contribution in [1.29, 1.82) is 0 Å². The van der Waals surface area contributed by atoms with Gasteiger partial charge in [-0.25, -0.2) is 19.3 Å². The van der Waals surface area contributed by atoms with Crippen molar-refractivity contribution in [3.8, 4) is 11.1 Å². The Morgan fingerprint density at radius 1 is 1.02 bits per heavy atom. The first-order chi connectivity index (χ1) is 20.1. The molecule has 0 unspecified atom stereocenters. The number of unbranched alkanes of at least 4 members (excludes halogenated alkanes) is 1. The molecule has 11 nitrogen and oxygen atoms in total. The summed E-state index contributed by atoms with van der Waals surface area (Å²) in [4.78, 5) is 35.5. The third-order valence-electron chi connectivity index (χ3n) is 6.64. The first kappa shape index (κ1) is 30.2. The van der Waals surface area contributed by atoms with Gasteiger partial charge in [0.2, 0.25) is 0 Å². The number of amides is 3. The fraction of sp³-hybridized carbons (Fsp3) is 0.321. The monoisotopic (exact) mass is 583 g/mol. The highest BCUT2D eigenvalue weighted by molar-refractivity contribution is 6.07. The van der Waals surface area contributed by atoms with E-state index in [0.717, 1.165) is 44.6 Å². The number of nitrogens with one attached hydrogen (secondary N) is 3. The summed E-state index contributed by atoms with van der Waals surface area (Å²) in [6.07, 6.45) is 0.0341. The van der Waals surface area contributed by atoms with Gasteiger partial charge in [0, 0.05) is 24.0 Å². The lowest BCUT2D eigenvalue weighted by Gasteiger charge is -2.17. The van der Waals surface area contributed by atoms with Gasteiger partial charge in [0.1, 0.15) is 23.4 Å². The summed E-state index contributed by atoms with van der Waals surface area (Å²) in [6.45, 7) is 7.68. The molecule has 3 aromatic heterocycles. The molecule has 0 fully saturated rings. The zero-order chi connectivity index (χ0) is 30.3. The molecule has 0 bridgehead atoms. The van der Waals surface area contributed by atoms with Crippen molar-refractivity contribution in [3.05, 3.63) is 66.2 Å². The molecule has 0 aliphatic carbocycles. The fourth-order valence-electron chi connectivity index (χ4n) is 4.46. The van der Waals surface area contributed by atoms with Crippen LogP contribution in [0.1, 0.15) is 42.7 Å². The Morgan fingerprint density at radius 3 is 2.45 bits per heavy atom. The van der Waals surface area contributed by atoms with E-state index < -0.39 is 17.9 Å². The Labute approximate surface area is 240 Å². The normalized spacial score (nSPS) is 11.6. The predicted octanol–water partition coefficient (Wildman–Crippen LogP) is 4.89. The SMILES string of the molecule is CCN(CC)CCCCNC(=O)c1cn2ncnc(N)c2c1-c1ccc(NC(=O)Nc2cccc(C(F)(F)F)n2)cc1. The molecule has 5 N–H and O–H groups in total. The Hall–Kier alpha value is -4.72.